The number of ether oxygens (including phenoxy) is 1. The van der Waals surface area contributed by atoms with Crippen LogP contribution in [-0.2, 0) is 0 Å². The quantitative estimate of drug-likeness (QED) is 0.468. The number of hydrogen-bond donors (Lipinski definition) is 0. The minimum Gasteiger partial charge on any atom is -0.492 e. The first-order valence-electron chi connectivity index (χ1n) is 7.88. The smallest absolute Gasteiger partial charge is 0.191 e. The molecule has 2 saturated carbocycles. The van der Waals surface area contributed by atoms with Crippen molar-refractivity contribution in [1.29, 1.82) is 0 Å². The molecule has 4 nitrogen and oxygen atoms in total. The van der Waals surface area contributed by atoms with Gasteiger partial charge in [-0.15, -0.1) is 10.2 Å². The summed E-state index contributed by atoms with van der Waals surface area (Å²) in [6.07, 6.45) is 5.06. The lowest BCUT2D eigenvalue weighted by molar-refractivity contribution is 0.341. The van der Waals surface area contributed by atoms with Crippen LogP contribution in [0.15, 0.2) is 27.8 Å². The van der Waals surface area contributed by atoms with Crippen LogP contribution in [0, 0.1) is 0 Å². The van der Waals surface area contributed by atoms with Crippen LogP contribution in [0.5, 0.6) is 5.75 Å². The molecule has 4 rings (SSSR count). The molecule has 2 fully saturated rings. The van der Waals surface area contributed by atoms with Crippen LogP contribution in [0.4, 0.5) is 0 Å². The molecule has 7 heteroatoms. The van der Waals surface area contributed by atoms with Gasteiger partial charge in [-0.3, -0.25) is 0 Å². The summed E-state index contributed by atoms with van der Waals surface area (Å²) < 4.78 is 9.07. The number of thioether (sulfide) groups is 1. The molecule has 0 spiro atoms. The lowest BCUT2D eigenvalue weighted by Gasteiger charge is -2.10. The molecule has 2 aromatic rings. The van der Waals surface area contributed by atoms with Gasteiger partial charge in [-0.1, -0.05) is 23.4 Å². The average Bonchev–Trinajstić information content (AvgIpc) is 3.44. The fourth-order valence-corrected chi connectivity index (χ4v) is 4.19. The summed E-state index contributed by atoms with van der Waals surface area (Å²) in [6, 6.07) is 6.19. The van der Waals surface area contributed by atoms with Crippen molar-refractivity contribution < 1.29 is 4.74 Å². The maximum atomic E-state index is 5.94. The number of hydrogen-bond acceptors (Lipinski definition) is 4. The van der Waals surface area contributed by atoms with Gasteiger partial charge in [0.05, 0.1) is 11.1 Å². The van der Waals surface area contributed by atoms with E-state index in [4.69, 9.17) is 16.3 Å². The van der Waals surface area contributed by atoms with Crippen molar-refractivity contribution in [2.75, 3.05) is 12.4 Å². The van der Waals surface area contributed by atoms with Gasteiger partial charge in [0.15, 0.2) is 5.16 Å². The topological polar surface area (TPSA) is 39.9 Å². The van der Waals surface area contributed by atoms with Crippen LogP contribution in [0.3, 0.4) is 0 Å². The van der Waals surface area contributed by atoms with E-state index in [0.717, 1.165) is 21.1 Å². The van der Waals surface area contributed by atoms with E-state index >= 15 is 0 Å². The van der Waals surface area contributed by atoms with E-state index in [1.54, 1.807) is 11.8 Å². The van der Waals surface area contributed by atoms with Gasteiger partial charge in [0.25, 0.3) is 0 Å². The molecule has 0 atom stereocenters. The summed E-state index contributed by atoms with van der Waals surface area (Å²) >= 11 is 11.1. The van der Waals surface area contributed by atoms with Gasteiger partial charge < -0.3 is 9.30 Å². The molecule has 1 aromatic carbocycles. The molecular weight excluding hydrogens is 398 g/mol. The van der Waals surface area contributed by atoms with Gasteiger partial charge >= 0.3 is 0 Å². The van der Waals surface area contributed by atoms with Crippen molar-refractivity contribution in [2.24, 2.45) is 0 Å². The van der Waals surface area contributed by atoms with E-state index in [9.17, 15) is 0 Å². The molecule has 0 aliphatic heterocycles. The molecule has 0 unspecified atom stereocenters. The standard InChI is InChI=1S/C16H17BrClN3OS/c17-13-9-11(18)3-6-14(13)22-7-8-23-16-20-19-15(10-1-2-10)21(16)12-4-5-12/h3,6,9-10,12H,1-2,4-5,7-8H2. The Kier molecular flexibility index (Phi) is 4.56. The molecule has 1 aromatic heterocycles. The van der Waals surface area contributed by atoms with E-state index in [-0.39, 0.29) is 0 Å². The molecule has 23 heavy (non-hydrogen) atoms. The highest BCUT2D eigenvalue weighted by Gasteiger charge is 2.36. The average molecular weight is 415 g/mol. The molecule has 0 radical (unpaired) electrons. The first-order chi connectivity index (χ1) is 11.2. The van der Waals surface area contributed by atoms with Gasteiger partial charge in [-0.2, -0.15) is 0 Å². The first-order valence-corrected chi connectivity index (χ1v) is 10.0. The zero-order valence-electron chi connectivity index (χ0n) is 12.5. The van der Waals surface area contributed by atoms with Gasteiger partial charge in [-0.25, -0.2) is 0 Å². The van der Waals surface area contributed by atoms with Gasteiger partial charge in [0.2, 0.25) is 0 Å². The van der Waals surface area contributed by atoms with Crippen LogP contribution < -0.4 is 4.74 Å². The lowest BCUT2D eigenvalue weighted by atomic mass is 10.3. The zero-order chi connectivity index (χ0) is 15.8. The first kappa shape index (κ1) is 15.8. The van der Waals surface area contributed by atoms with Crippen molar-refractivity contribution in [1.82, 2.24) is 14.8 Å². The predicted molar refractivity (Wildman–Crippen MR) is 95.6 cm³/mol. The van der Waals surface area contributed by atoms with Crippen molar-refractivity contribution >= 4 is 39.3 Å². The minimum absolute atomic E-state index is 0.626. The second-order valence-electron chi connectivity index (χ2n) is 5.99. The fraction of sp³-hybridized carbons (Fsp3) is 0.500. The molecule has 0 saturated heterocycles. The van der Waals surface area contributed by atoms with E-state index in [2.05, 4.69) is 30.7 Å². The van der Waals surface area contributed by atoms with E-state index in [1.807, 2.05) is 18.2 Å². The maximum Gasteiger partial charge on any atom is 0.191 e. The maximum absolute atomic E-state index is 5.94. The van der Waals surface area contributed by atoms with Crippen LogP contribution in [0.1, 0.15) is 43.5 Å². The number of rotatable bonds is 7. The van der Waals surface area contributed by atoms with Gasteiger partial charge in [0.1, 0.15) is 11.6 Å². The Morgan fingerprint density at radius 3 is 2.78 bits per heavy atom. The third-order valence-corrected chi connectivity index (χ3v) is 5.77. The summed E-state index contributed by atoms with van der Waals surface area (Å²) in [5.74, 6) is 3.53. The lowest BCUT2D eigenvalue weighted by Crippen LogP contribution is -2.05. The third-order valence-electron chi connectivity index (χ3n) is 4.01. The van der Waals surface area contributed by atoms with E-state index in [0.29, 0.717) is 23.6 Å². The molecular formula is C16H17BrClN3OS. The highest BCUT2D eigenvalue weighted by atomic mass is 79.9. The van der Waals surface area contributed by atoms with Crippen LogP contribution in [-0.4, -0.2) is 27.1 Å². The van der Waals surface area contributed by atoms with Crippen molar-refractivity contribution in [3.8, 4) is 5.75 Å². The largest absolute Gasteiger partial charge is 0.492 e. The van der Waals surface area contributed by atoms with Crippen LogP contribution in [0.25, 0.3) is 0 Å². The number of benzene rings is 1. The Bertz CT molecular complexity index is 715. The Labute approximate surface area is 153 Å². The Balaban J connectivity index is 1.34. The van der Waals surface area contributed by atoms with Gasteiger partial charge in [-0.05, 0) is 59.8 Å². The molecule has 0 N–H and O–H groups in total. The number of halogens is 2. The minimum atomic E-state index is 0.626. The SMILES string of the molecule is Clc1ccc(OCCSc2nnc(C3CC3)n2C2CC2)c(Br)c1. The normalized spacial score (nSPS) is 17.5. The highest BCUT2D eigenvalue weighted by molar-refractivity contribution is 9.10. The fourth-order valence-electron chi connectivity index (χ4n) is 2.56. The summed E-state index contributed by atoms with van der Waals surface area (Å²) in [7, 11) is 0. The van der Waals surface area contributed by atoms with E-state index in [1.165, 1.54) is 31.5 Å². The van der Waals surface area contributed by atoms with Crippen LogP contribution >= 0.6 is 39.3 Å². The molecule has 1 heterocycles. The zero-order valence-corrected chi connectivity index (χ0v) is 15.7. The third kappa shape index (κ3) is 3.69. The molecule has 0 amide bonds. The Hall–Kier alpha value is -0.720. The summed E-state index contributed by atoms with van der Waals surface area (Å²) in [5, 5.41) is 10.6. The highest BCUT2D eigenvalue weighted by Crippen LogP contribution is 2.46. The molecule has 2 aliphatic rings. The monoisotopic (exact) mass is 413 g/mol. The molecule has 122 valence electrons. The van der Waals surface area contributed by atoms with Crippen molar-refractivity contribution in [3.63, 3.8) is 0 Å². The second kappa shape index (κ2) is 6.65. The number of nitrogens with zero attached hydrogens (tertiary/aromatic N) is 3. The van der Waals surface area contributed by atoms with Crippen LogP contribution in [0.2, 0.25) is 5.02 Å². The van der Waals surface area contributed by atoms with Crippen molar-refractivity contribution in [3.05, 3.63) is 33.5 Å². The summed E-state index contributed by atoms with van der Waals surface area (Å²) in [5.41, 5.74) is 0. The van der Waals surface area contributed by atoms with Gasteiger partial charge in [0, 0.05) is 22.7 Å². The summed E-state index contributed by atoms with van der Waals surface area (Å²) in [6.45, 7) is 0.626. The second-order valence-corrected chi connectivity index (χ2v) is 8.34. The van der Waals surface area contributed by atoms with E-state index < -0.39 is 0 Å². The van der Waals surface area contributed by atoms with Crippen molar-refractivity contribution in [2.45, 2.75) is 42.8 Å². The predicted octanol–water partition coefficient (Wildman–Crippen LogP) is 5.08. The summed E-state index contributed by atoms with van der Waals surface area (Å²) in [4.78, 5) is 0. The molecule has 0 bridgehead atoms. The number of aromatic nitrogens is 3. The Morgan fingerprint density at radius 1 is 1.26 bits per heavy atom. The molecule has 2 aliphatic carbocycles. The Morgan fingerprint density at radius 2 is 2.09 bits per heavy atom.